The van der Waals surface area contributed by atoms with Crippen molar-refractivity contribution in [1.82, 2.24) is 15.0 Å². The molecule has 0 spiro atoms. The molecule has 2 heterocycles. The van der Waals surface area contributed by atoms with Crippen molar-refractivity contribution in [1.29, 1.82) is 0 Å². The smallest absolute Gasteiger partial charge is 0.140 e. The number of ether oxygens (including phenoxy) is 1. The number of rotatable bonds is 7. The first-order valence-electron chi connectivity index (χ1n) is 8.65. The Labute approximate surface area is 150 Å². The van der Waals surface area contributed by atoms with E-state index >= 15 is 0 Å². The molecule has 0 amide bonds. The zero-order chi connectivity index (χ0) is 17.7. The van der Waals surface area contributed by atoms with Crippen LogP contribution in [0.3, 0.4) is 0 Å². The first-order valence-corrected chi connectivity index (χ1v) is 12.4. The molecule has 2 aromatic heterocycles. The van der Waals surface area contributed by atoms with Crippen LogP contribution in [0.25, 0.3) is 11.3 Å². The third kappa shape index (κ3) is 4.87. The van der Waals surface area contributed by atoms with Gasteiger partial charge in [-0.25, -0.2) is 4.98 Å². The molecule has 1 aromatic carbocycles. The van der Waals surface area contributed by atoms with E-state index in [0.29, 0.717) is 0 Å². The highest BCUT2D eigenvalue weighted by atomic mass is 28.3. The molecule has 0 radical (unpaired) electrons. The van der Waals surface area contributed by atoms with Gasteiger partial charge in [0.25, 0.3) is 0 Å². The van der Waals surface area contributed by atoms with Crippen LogP contribution in [-0.4, -0.2) is 29.6 Å². The van der Waals surface area contributed by atoms with E-state index in [1.807, 2.05) is 36.5 Å². The topological polar surface area (TPSA) is 50.8 Å². The summed E-state index contributed by atoms with van der Waals surface area (Å²) in [5.74, 6) is 0.841. The largest absolute Gasteiger partial charge is 0.366 e. The molecule has 0 aliphatic carbocycles. The Bertz CT molecular complexity index is 781. The lowest BCUT2D eigenvalue weighted by Gasteiger charge is -2.20. The minimum atomic E-state index is -1.14. The van der Waals surface area contributed by atoms with Crippen LogP contribution < -0.4 is 0 Å². The number of benzene rings is 1. The summed E-state index contributed by atoms with van der Waals surface area (Å²) in [6.45, 7) is 7.84. The Kier molecular flexibility index (Phi) is 5.46. The number of imidazole rings is 1. The SMILES string of the molecule is C[Si](C)(C)CCOC(c1ccccc1)c1ncc(-c2ccncc2)[nH]1. The summed E-state index contributed by atoms with van der Waals surface area (Å²) in [5.41, 5.74) is 3.17. The molecule has 1 N–H and O–H groups in total. The van der Waals surface area contributed by atoms with Gasteiger partial charge >= 0.3 is 0 Å². The Hall–Kier alpha value is -2.24. The van der Waals surface area contributed by atoms with Crippen molar-refractivity contribution in [3.8, 4) is 11.3 Å². The highest BCUT2D eigenvalue weighted by molar-refractivity contribution is 6.76. The maximum absolute atomic E-state index is 6.27. The van der Waals surface area contributed by atoms with Crippen LogP contribution in [0, 0.1) is 0 Å². The molecule has 5 heteroatoms. The Morgan fingerprint density at radius 3 is 2.44 bits per heavy atom. The van der Waals surface area contributed by atoms with E-state index in [1.54, 1.807) is 12.4 Å². The van der Waals surface area contributed by atoms with Gasteiger partial charge in [-0.3, -0.25) is 4.98 Å². The van der Waals surface area contributed by atoms with E-state index in [1.165, 1.54) is 0 Å². The average molecular weight is 352 g/mol. The predicted octanol–water partition coefficient (Wildman–Crippen LogP) is 4.92. The summed E-state index contributed by atoms with van der Waals surface area (Å²) in [6, 6.07) is 15.4. The summed E-state index contributed by atoms with van der Waals surface area (Å²) in [4.78, 5) is 12.1. The van der Waals surface area contributed by atoms with Gasteiger partial charge in [0.2, 0.25) is 0 Å². The fourth-order valence-electron chi connectivity index (χ4n) is 2.59. The number of nitrogens with one attached hydrogen (secondary N) is 1. The van der Waals surface area contributed by atoms with Crippen LogP contribution in [0.15, 0.2) is 61.1 Å². The second-order valence-electron chi connectivity index (χ2n) is 7.39. The minimum absolute atomic E-state index is 0.173. The number of nitrogens with zero attached hydrogens (tertiary/aromatic N) is 2. The van der Waals surface area contributed by atoms with Crippen LogP contribution in [-0.2, 0) is 4.74 Å². The monoisotopic (exact) mass is 351 g/mol. The van der Waals surface area contributed by atoms with E-state index in [-0.39, 0.29) is 6.10 Å². The fraction of sp³-hybridized carbons (Fsp3) is 0.300. The molecule has 3 rings (SSSR count). The first kappa shape index (κ1) is 17.6. The van der Waals surface area contributed by atoms with Gasteiger partial charge < -0.3 is 9.72 Å². The zero-order valence-corrected chi connectivity index (χ0v) is 16.1. The van der Waals surface area contributed by atoms with E-state index < -0.39 is 8.07 Å². The molecule has 1 unspecified atom stereocenters. The molecule has 4 nitrogen and oxygen atoms in total. The lowest BCUT2D eigenvalue weighted by Crippen LogP contribution is -2.22. The second-order valence-corrected chi connectivity index (χ2v) is 13.0. The van der Waals surface area contributed by atoms with Crippen LogP contribution in [0.2, 0.25) is 25.7 Å². The van der Waals surface area contributed by atoms with Crippen molar-refractivity contribution >= 4 is 8.07 Å². The molecule has 0 saturated carbocycles. The quantitative estimate of drug-likeness (QED) is 0.615. The molecule has 3 aromatic rings. The van der Waals surface area contributed by atoms with E-state index in [4.69, 9.17) is 4.74 Å². The average Bonchev–Trinajstić information content (AvgIpc) is 3.09. The van der Waals surface area contributed by atoms with Crippen molar-refractivity contribution in [2.45, 2.75) is 31.8 Å². The molecule has 0 fully saturated rings. The number of H-pyrrole nitrogens is 1. The van der Waals surface area contributed by atoms with Crippen LogP contribution in [0.5, 0.6) is 0 Å². The number of hydrogen-bond donors (Lipinski definition) is 1. The molecule has 0 bridgehead atoms. The van der Waals surface area contributed by atoms with Crippen molar-refractivity contribution in [3.05, 3.63) is 72.4 Å². The lowest BCUT2D eigenvalue weighted by atomic mass is 10.1. The minimum Gasteiger partial charge on any atom is -0.366 e. The van der Waals surface area contributed by atoms with Gasteiger partial charge in [-0.2, -0.15) is 0 Å². The number of hydrogen-bond acceptors (Lipinski definition) is 3. The van der Waals surface area contributed by atoms with Crippen molar-refractivity contribution < 1.29 is 4.74 Å². The molecule has 0 aliphatic heterocycles. The Balaban J connectivity index is 1.83. The van der Waals surface area contributed by atoms with Gasteiger partial charge in [-0.1, -0.05) is 50.0 Å². The van der Waals surface area contributed by atoms with Crippen LogP contribution in [0.4, 0.5) is 0 Å². The van der Waals surface area contributed by atoms with Crippen molar-refractivity contribution in [2.75, 3.05) is 6.61 Å². The maximum atomic E-state index is 6.27. The van der Waals surface area contributed by atoms with E-state index in [0.717, 1.165) is 35.3 Å². The van der Waals surface area contributed by atoms with Crippen molar-refractivity contribution in [2.24, 2.45) is 0 Å². The highest BCUT2D eigenvalue weighted by Crippen LogP contribution is 2.27. The van der Waals surface area contributed by atoms with Gasteiger partial charge in [-0.15, -0.1) is 0 Å². The summed E-state index contributed by atoms with van der Waals surface area (Å²) < 4.78 is 6.27. The predicted molar refractivity (Wildman–Crippen MR) is 104 cm³/mol. The summed E-state index contributed by atoms with van der Waals surface area (Å²) in [5, 5.41) is 0. The molecular formula is C20H25N3OSi. The first-order chi connectivity index (χ1) is 12.0. The molecular weight excluding hydrogens is 326 g/mol. The van der Waals surface area contributed by atoms with E-state index in [2.05, 4.69) is 46.7 Å². The summed E-state index contributed by atoms with van der Waals surface area (Å²) >= 11 is 0. The highest BCUT2D eigenvalue weighted by Gasteiger charge is 2.20. The van der Waals surface area contributed by atoms with E-state index in [9.17, 15) is 0 Å². The van der Waals surface area contributed by atoms with Gasteiger partial charge in [0.15, 0.2) is 0 Å². The third-order valence-corrected chi connectivity index (χ3v) is 5.78. The zero-order valence-electron chi connectivity index (χ0n) is 15.1. The lowest BCUT2D eigenvalue weighted by molar-refractivity contribution is 0.0851. The molecule has 0 saturated heterocycles. The third-order valence-electron chi connectivity index (χ3n) is 4.07. The Morgan fingerprint density at radius 2 is 1.76 bits per heavy atom. The maximum Gasteiger partial charge on any atom is 0.140 e. The molecule has 25 heavy (non-hydrogen) atoms. The molecule has 0 aliphatic rings. The molecule has 1 atom stereocenters. The van der Waals surface area contributed by atoms with Gasteiger partial charge in [0, 0.05) is 32.6 Å². The molecule has 130 valence electrons. The summed E-state index contributed by atoms with van der Waals surface area (Å²) in [7, 11) is -1.14. The Morgan fingerprint density at radius 1 is 1.04 bits per heavy atom. The van der Waals surface area contributed by atoms with Crippen LogP contribution in [0.1, 0.15) is 17.5 Å². The van der Waals surface area contributed by atoms with Gasteiger partial charge in [-0.05, 0) is 23.7 Å². The number of pyridine rings is 1. The van der Waals surface area contributed by atoms with Gasteiger partial charge in [0.05, 0.1) is 11.9 Å². The second kappa shape index (κ2) is 7.76. The number of aromatic amines is 1. The standard InChI is InChI=1S/C20H25N3OSi/c1-25(2,3)14-13-24-19(17-7-5-4-6-8-17)20-22-15-18(23-20)16-9-11-21-12-10-16/h4-12,15,19H,13-14H2,1-3H3,(H,22,23). The number of aromatic nitrogens is 3. The van der Waals surface area contributed by atoms with Gasteiger partial charge in [0.1, 0.15) is 11.9 Å². The van der Waals surface area contributed by atoms with Crippen molar-refractivity contribution in [3.63, 3.8) is 0 Å². The fourth-order valence-corrected chi connectivity index (χ4v) is 3.32. The normalized spacial score (nSPS) is 12.9. The summed E-state index contributed by atoms with van der Waals surface area (Å²) in [6.07, 6.45) is 5.26. The van der Waals surface area contributed by atoms with Crippen LogP contribution >= 0.6 is 0 Å².